The van der Waals surface area contributed by atoms with E-state index in [2.05, 4.69) is 20.9 Å². The van der Waals surface area contributed by atoms with Gasteiger partial charge in [-0.1, -0.05) is 39.1 Å². The molecule has 0 N–H and O–H groups in total. The number of halogens is 3. The van der Waals surface area contributed by atoms with Crippen molar-refractivity contribution in [1.82, 2.24) is 4.98 Å². The minimum Gasteiger partial charge on any atom is -0.438 e. The standard InChI is InChI=1S/C11H6BrCl2NO/c12-7-1-3-9(4-2-7)16-11-10(14)5-8(13)6-15-11/h1-6H. The fraction of sp³-hybridized carbons (Fsp3) is 0. The van der Waals surface area contributed by atoms with Crippen LogP contribution in [0.1, 0.15) is 0 Å². The molecule has 1 aromatic heterocycles. The predicted molar refractivity (Wildman–Crippen MR) is 68.5 cm³/mol. The minimum absolute atomic E-state index is 0.341. The summed E-state index contributed by atoms with van der Waals surface area (Å²) in [6, 6.07) is 8.97. The maximum Gasteiger partial charge on any atom is 0.238 e. The highest BCUT2D eigenvalue weighted by molar-refractivity contribution is 9.10. The largest absolute Gasteiger partial charge is 0.438 e. The third-order valence-electron chi connectivity index (χ3n) is 1.80. The van der Waals surface area contributed by atoms with E-state index in [0.717, 1.165) is 4.47 Å². The van der Waals surface area contributed by atoms with Crippen molar-refractivity contribution in [3.63, 3.8) is 0 Å². The van der Waals surface area contributed by atoms with Crippen LogP contribution in [0.25, 0.3) is 0 Å². The Morgan fingerprint density at radius 1 is 1.12 bits per heavy atom. The molecule has 2 rings (SSSR count). The summed E-state index contributed by atoms with van der Waals surface area (Å²) in [6.07, 6.45) is 1.49. The molecule has 2 aromatic rings. The molecule has 0 amide bonds. The van der Waals surface area contributed by atoms with Gasteiger partial charge in [0.25, 0.3) is 0 Å². The van der Waals surface area contributed by atoms with Crippen molar-refractivity contribution < 1.29 is 4.74 Å². The Balaban J connectivity index is 2.23. The first-order valence-corrected chi connectivity index (χ1v) is 5.94. The monoisotopic (exact) mass is 317 g/mol. The van der Waals surface area contributed by atoms with Crippen molar-refractivity contribution in [1.29, 1.82) is 0 Å². The molecule has 0 unspecified atom stereocenters. The highest BCUT2D eigenvalue weighted by Gasteiger charge is 2.05. The first kappa shape index (κ1) is 11.7. The molecule has 0 aliphatic heterocycles. The Morgan fingerprint density at radius 2 is 1.81 bits per heavy atom. The van der Waals surface area contributed by atoms with Gasteiger partial charge in [0.2, 0.25) is 5.88 Å². The molecule has 0 atom stereocenters. The molecule has 0 radical (unpaired) electrons. The Labute approximate surface area is 111 Å². The number of aromatic nitrogens is 1. The van der Waals surface area contributed by atoms with Gasteiger partial charge in [0.05, 0.1) is 5.02 Å². The van der Waals surface area contributed by atoms with E-state index in [1.54, 1.807) is 6.07 Å². The lowest BCUT2D eigenvalue weighted by molar-refractivity contribution is 0.463. The molecule has 1 aromatic carbocycles. The van der Waals surface area contributed by atoms with Crippen molar-refractivity contribution >= 4 is 39.1 Å². The molecule has 16 heavy (non-hydrogen) atoms. The molecule has 0 saturated heterocycles. The van der Waals surface area contributed by atoms with Crippen LogP contribution in [0.3, 0.4) is 0 Å². The number of pyridine rings is 1. The van der Waals surface area contributed by atoms with E-state index in [0.29, 0.717) is 21.7 Å². The van der Waals surface area contributed by atoms with Crippen molar-refractivity contribution in [2.45, 2.75) is 0 Å². The highest BCUT2D eigenvalue weighted by Crippen LogP contribution is 2.29. The second kappa shape index (κ2) is 5.04. The van der Waals surface area contributed by atoms with E-state index in [9.17, 15) is 0 Å². The van der Waals surface area contributed by atoms with E-state index >= 15 is 0 Å². The zero-order valence-corrected chi connectivity index (χ0v) is 11.1. The number of benzene rings is 1. The third kappa shape index (κ3) is 2.88. The van der Waals surface area contributed by atoms with Crippen LogP contribution >= 0.6 is 39.1 Å². The fourth-order valence-electron chi connectivity index (χ4n) is 1.09. The van der Waals surface area contributed by atoms with Crippen molar-refractivity contribution in [3.8, 4) is 11.6 Å². The lowest BCUT2D eigenvalue weighted by Crippen LogP contribution is -1.88. The average Bonchev–Trinajstić information content (AvgIpc) is 2.25. The lowest BCUT2D eigenvalue weighted by atomic mass is 10.3. The SMILES string of the molecule is Clc1cnc(Oc2ccc(Br)cc2)c(Cl)c1. The summed E-state index contributed by atoms with van der Waals surface area (Å²) in [4.78, 5) is 4.00. The van der Waals surface area contributed by atoms with Gasteiger partial charge in [0, 0.05) is 10.7 Å². The zero-order valence-electron chi connectivity index (χ0n) is 7.95. The molecule has 0 fully saturated rings. The third-order valence-corrected chi connectivity index (χ3v) is 2.81. The van der Waals surface area contributed by atoms with Crippen molar-refractivity contribution in [3.05, 3.63) is 51.0 Å². The lowest BCUT2D eigenvalue weighted by Gasteiger charge is -2.06. The average molecular weight is 319 g/mol. The van der Waals surface area contributed by atoms with Crippen LogP contribution in [0.4, 0.5) is 0 Å². The van der Waals surface area contributed by atoms with Gasteiger partial charge in [0.15, 0.2) is 0 Å². The molecule has 0 bridgehead atoms. The molecule has 0 saturated carbocycles. The predicted octanol–water partition coefficient (Wildman–Crippen LogP) is 4.94. The maximum atomic E-state index is 5.93. The summed E-state index contributed by atoms with van der Waals surface area (Å²) < 4.78 is 6.48. The van der Waals surface area contributed by atoms with Gasteiger partial charge < -0.3 is 4.74 Å². The molecule has 0 spiro atoms. The summed E-state index contributed by atoms with van der Waals surface area (Å²) in [6.45, 7) is 0. The number of rotatable bonds is 2. The van der Waals surface area contributed by atoms with Crippen LogP contribution in [0.15, 0.2) is 41.0 Å². The van der Waals surface area contributed by atoms with Gasteiger partial charge in [-0.05, 0) is 30.3 Å². The molecular weight excluding hydrogens is 313 g/mol. The summed E-state index contributed by atoms with van der Waals surface area (Å²) in [7, 11) is 0. The molecule has 2 nitrogen and oxygen atoms in total. The Kier molecular flexibility index (Phi) is 3.69. The summed E-state index contributed by atoms with van der Waals surface area (Å²) in [5.41, 5.74) is 0. The van der Waals surface area contributed by atoms with Crippen molar-refractivity contribution in [2.75, 3.05) is 0 Å². The molecule has 1 heterocycles. The van der Waals surface area contributed by atoms with Crippen LogP contribution in [0.2, 0.25) is 10.0 Å². The molecule has 0 aliphatic carbocycles. The Morgan fingerprint density at radius 3 is 2.44 bits per heavy atom. The maximum absolute atomic E-state index is 5.93. The number of hydrogen-bond acceptors (Lipinski definition) is 2. The topological polar surface area (TPSA) is 22.1 Å². The van der Waals surface area contributed by atoms with Gasteiger partial charge in [0.1, 0.15) is 10.8 Å². The first-order valence-electron chi connectivity index (χ1n) is 4.39. The van der Waals surface area contributed by atoms with Crippen LogP contribution in [-0.4, -0.2) is 4.98 Å². The summed E-state index contributed by atoms with van der Waals surface area (Å²) >= 11 is 15.0. The van der Waals surface area contributed by atoms with Crippen molar-refractivity contribution in [2.24, 2.45) is 0 Å². The van der Waals surface area contributed by atoms with Crippen LogP contribution < -0.4 is 4.74 Å². The van der Waals surface area contributed by atoms with Crippen LogP contribution in [0, 0.1) is 0 Å². The highest BCUT2D eigenvalue weighted by atomic mass is 79.9. The number of ether oxygens (including phenoxy) is 1. The molecule has 0 aliphatic rings. The van der Waals surface area contributed by atoms with E-state index in [-0.39, 0.29) is 0 Å². The minimum atomic E-state index is 0.341. The second-order valence-corrected chi connectivity index (χ2v) is 4.76. The molecular formula is C11H6BrCl2NO. The van der Waals surface area contributed by atoms with Gasteiger partial charge in [-0.15, -0.1) is 0 Å². The Hall–Kier alpha value is -0.770. The zero-order chi connectivity index (χ0) is 11.5. The van der Waals surface area contributed by atoms with E-state index in [1.807, 2.05) is 24.3 Å². The molecule has 82 valence electrons. The number of nitrogens with zero attached hydrogens (tertiary/aromatic N) is 1. The first-order chi connectivity index (χ1) is 7.65. The van der Waals surface area contributed by atoms with E-state index < -0.39 is 0 Å². The smallest absolute Gasteiger partial charge is 0.238 e. The van der Waals surface area contributed by atoms with Gasteiger partial charge >= 0.3 is 0 Å². The Bertz CT molecular complexity index is 502. The van der Waals surface area contributed by atoms with E-state index in [4.69, 9.17) is 27.9 Å². The second-order valence-electron chi connectivity index (χ2n) is 3.00. The normalized spacial score (nSPS) is 10.2. The van der Waals surface area contributed by atoms with Crippen LogP contribution in [0.5, 0.6) is 11.6 Å². The van der Waals surface area contributed by atoms with Gasteiger partial charge in [-0.3, -0.25) is 0 Å². The van der Waals surface area contributed by atoms with Gasteiger partial charge in [-0.25, -0.2) is 4.98 Å². The number of hydrogen-bond donors (Lipinski definition) is 0. The van der Waals surface area contributed by atoms with Crippen LogP contribution in [-0.2, 0) is 0 Å². The summed E-state index contributed by atoms with van der Waals surface area (Å²) in [5, 5.41) is 0.864. The summed E-state index contributed by atoms with van der Waals surface area (Å²) in [5.74, 6) is 1.01. The quantitative estimate of drug-likeness (QED) is 0.782. The molecule has 5 heteroatoms. The van der Waals surface area contributed by atoms with Gasteiger partial charge in [-0.2, -0.15) is 0 Å². The van der Waals surface area contributed by atoms with E-state index in [1.165, 1.54) is 6.20 Å². The fourth-order valence-corrected chi connectivity index (χ4v) is 1.77.